The highest BCUT2D eigenvalue weighted by molar-refractivity contribution is 5.35. The minimum atomic E-state index is 0.671. The molecular formula is C14H24N4. The van der Waals surface area contributed by atoms with E-state index in [-0.39, 0.29) is 0 Å². The summed E-state index contributed by atoms with van der Waals surface area (Å²) in [6.45, 7) is 7.66. The van der Waals surface area contributed by atoms with E-state index in [0.717, 1.165) is 32.1 Å². The van der Waals surface area contributed by atoms with E-state index in [1.54, 1.807) is 0 Å². The maximum atomic E-state index is 4.81. The van der Waals surface area contributed by atoms with Crippen molar-refractivity contribution >= 4 is 5.95 Å². The van der Waals surface area contributed by atoms with Gasteiger partial charge in [0.2, 0.25) is 5.95 Å². The van der Waals surface area contributed by atoms with E-state index in [0.29, 0.717) is 6.04 Å². The molecule has 2 aliphatic heterocycles. The minimum Gasteiger partial charge on any atom is -0.341 e. The molecule has 4 nitrogen and oxygen atoms in total. The molecule has 18 heavy (non-hydrogen) atoms. The van der Waals surface area contributed by atoms with E-state index in [1.807, 2.05) is 0 Å². The van der Waals surface area contributed by atoms with Gasteiger partial charge in [-0.2, -0.15) is 0 Å². The van der Waals surface area contributed by atoms with Crippen molar-refractivity contribution in [2.45, 2.75) is 58.2 Å². The first-order valence-corrected chi connectivity index (χ1v) is 7.37. The predicted molar refractivity (Wildman–Crippen MR) is 74.1 cm³/mol. The fourth-order valence-electron chi connectivity index (χ4n) is 3.24. The van der Waals surface area contributed by atoms with Gasteiger partial charge in [-0.25, -0.2) is 4.98 Å². The van der Waals surface area contributed by atoms with Crippen molar-refractivity contribution in [1.82, 2.24) is 14.9 Å². The van der Waals surface area contributed by atoms with Crippen LogP contribution in [-0.4, -0.2) is 34.7 Å². The number of aryl methyl sites for hydroxylation is 2. The normalized spacial score (nSPS) is 27.6. The lowest BCUT2D eigenvalue weighted by Crippen LogP contribution is -2.36. The maximum absolute atomic E-state index is 4.81. The van der Waals surface area contributed by atoms with Crippen molar-refractivity contribution in [3.05, 3.63) is 11.9 Å². The third kappa shape index (κ3) is 2.14. The van der Waals surface area contributed by atoms with Crippen LogP contribution in [-0.2, 0) is 13.0 Å². The first kappa shape index (κ1) is 12.0. The molecule has 0 aliphatic carbocycles. The van der Waals surface area contributed by atoms with Crippen LogP contribution in [0.2, 0.25) is 0 Å². The summed E-state index contributed by atoms with van der Waals surface area (Å²) >= 11 is 0. The highest BCUT2D eigenvalue weighted by Gasteiger charge is 2.30. The van der Waals surface area contributed by atoms with Crippen molar-refractivity contribution in [3.8, 4) is 0 Å². The number of rotatable bonds is 3. The lowest BCUT2D eigenvalue weighted by molar-refractivity contribution is 0.563. The molecule has 0 amide bonds. The Labute approximate surface area is 109 Å². The summed E-state index contributed by atoms with van der Waals surface area (Å²) in [5, 5.41) is 3.73. The van der Waals surface area contributed by atoms with Crippen LogP contribution in [0.15, 0.2) is 6.20 Å². The van der Waals surface area contributed by atoms with Crippen LogP contribution in [0.1, 0.15) is 38.8 Å². The van der Waals surface area contributed by atoms with Crippen LogP contribution in [0, 0.1) is 0 Å². The lowest BCUT2D eigenvalue weighted by Gasteiger charge is -2.25. The first-order chi connectivity index (χ1) is 8.80. The molecule has 1 N–H and O–H groups in total. The lowest BCUT2D eigenvalue weighted by atomic mass is 10.1. The summed E-state index contributed by atoms with van der Waals surface area (Å²) in [6.07, 6.45) is 7.19. The van der Waals surface area contributed by atoms with Crippen molar-refractivity contribution in [3.63, 3.8) is 0 Å². The molecule has 1 aromatic rings. The molecule has 2 atom stereocenters. The topological polar surface area (TPSA) is 33.1 Å². The van der Waals surface area contributed by atoms with Crippen LogP contribution >= 0.6 is 0 Å². The van der Waals surface area contributed by atoms with Gasteiger partial charge in [-0.3, -0.25) is 0 Å². The van der Waals surface area contributed by atoms with Crippen LogP contribution in [0.25, 0.3) is 0 Å². The average molecular weight is 248 g/mol. The van der Waals surface area contributed by atoms with Gasteiger partial charge >= 0.3 is 0 Å². The van der Waals surface area contributed by atoms with E-state index < -0.39 is 0 Å². The summed E-state index contributed by atoms with van der Waals surface area (Å²) in [7, 11) is 0. The van der Waals surface area contributed by atoms with Crippen molar-refractivity contribution < 1.29 is 0 Å². The third-order valence-corrected chi connectivity index (χ3v) is 4.31. The Hall–Kier alpha value is -1.03. The fraction of sp³-hybridized carbons (Fsp3) is 0.786. The van der Waals surface area contributed by atoms with Gasteiger partial charge in [0.1, 0.15) is 0 Å². The second-order valence-corrected chi connectivity index (χ2v) is 5.54. The second kappa shape index (κ2) is 4.92. The monoisotopic (exact) mass is 248 g/mol. The number of fused-ring (bicyclic) bond motifs is 2. The molecule has 0 saturated carbocycles. The van der Waals surface area contributed by atoms with Crippen molar-refractivity contribution in [1.29, 1.82) is 0 Å². The molecule has 3 heterocycles. The van der Waals surface area contributed by atoms with E-state index >= 15 is 0 Å². The number of hydrogen-bond acceptors (Lipinski definition) is 3. The molecule has 2 aliphatic rings. The number of imidazole rings is 1. The van der Waals surface area contributed by atoms with Gasteiger partial charge in [-0.15, -0.1) is 0 Å². The van der Waals surface area contributed by atoms with Crippen molar-refractivity contribution in [2.24, 2.45) is 0 Å². The smallest absolute Gasteiger partial charge is 0.205 e. The Bertz CT molecular complexity index is 412. The quantitative estimate of drug-likeness (QED) is 0.885. The Kier molecular flexibility index (Phi) is 3.29. The molecule has 4 heteroatoms. The van der Waals surface area contributed by atoms with Crippen LogP contribution < -0.4 is 10.2 Å². The molecule has 0 spiro atoms. The molecule has 2 saturated heterocycles. The number of anilines is 1. The van der Waals surface area contributed by atoms with Gasteiger partial charge in [0.25, 0.3) is 0 Å². The van der Waals surface area contributed by atoms with Gasteiger partial charge in [-0.1, -0.05) is 6.92 Å². The highest BCUT2D eigenvalue weighted by Crippen LogP contribution is 2.24. The zero-order chi connectivity index (χ0) is 12.5. The summed E-state index contributed by atoms with van der Waals surface area (Å²) in [6, 6.07) is 1.42. The van der Waals surface area contributed by atoms with E-state index in [9.17, 15) is 0 Å². The molecular weight excluding hydrogens is 224 g/mol. The number of nitrogens with zero attached hydrogens (tertiary/aromatic N) is 3. The standard InChI is InChI=1S/C14H24N4/c1-3-11-9-17(4-2)14(16-11)18-8-7-12-5-6-13(10-18)15-12/h9,12-13,15H,3-8,10H2,1-2H3. The number of aromatic nitrogens is 2. The maximum Gasteiger partial charge on any atom is 0.205 e. The second-order valence-electron chi connectivity index (χ2n) is 5.54. The molecule has 100 valence electrons. The number of hydrogen-bond donors (Lipinski definition) is 1. The molecule has 1 aromatic heterocycles. The molecule has 0 radical (unpaired) electrons. The zero-order valence-electron chi connectivity index (χ0n) is 11.5. The van der Waals surface area contributed by atoms with Gasteiger partial charge in [0, 0.05) is 37.9 Å². The highest BCUT2D eigenvalue weighted by atomic mass is 15.3. The summed E-state index contributed by atoms with van der Waals surface area (Å²) < 4.78 is 2.30. The van der Waals surface area contributed by atoms with E-state index in [4.69, 9.17) is 4.98 Å². The molecule has 3 rings (SSSR count). The molecule has 2 fully saturated rings. The first-order valence-electron chi connectivity index (χ1n) is 7.37. The summed E-state index contributed by atoms with van der Waals surface area (Å²) in [4.78, 5) is 7.30. The van der Waals surface area contributed by atoms with Crippen LogP contribution in [0.5, 0.6) is 0 Å². The Morgan fingerprint density at radius 2 is 2.11 bits per heavy atom. The van der Waals surface area contributed by atoms with E-state index in [2.05, 4.69) is 34.8 Å². The largest absolute Gasteiger partial charge is 0.341 e. The number of nitrogens with one attached hydrogen (secondary N) is 1. The molecule has 2 unspecified atom stereocenters. The van der Waals surface area contributed by atoms with Gasteiger partial charge in [0.05, 0.1) is 5.69 Å². The van der Waals surface area contributed by atoms with Crippen LogP contribution in [0.4, 0.5) is 5.95 Å². The Balaban J connectivity index is 1.82. The van der Waals surface area contributed by atoms with Crippen molar-refractivity contribution in [2.75, 3.05) is 18.0 Å². The Morgan fingerprint density at radius 3 is 2.89 bits per heavy atom. The minimum absolute atomic E-state index is 0.671. The van der Waals surface area contributed by atoms with Gasteiger partial charge < -0.3 is 14.8 Å². The molecule has 0 aromatic carbocycles. The third-order valence-electron chi connectivity index (χ3n) is 4.31. The summed E-state index contributed by atoms with van der Waals surface area (Å²) in [5.74, 6) is 1.18. The van der Waals surface area contributed by atoms with Gasteiger partial charge in [-0.05, 0) is 32.6 Å². The SMILES string of the molecule is CCc1cn(CC)c(N2CCC3CCC(C2)N3)n1. The fourth-order valence-corrected chi connectivity index (χ4v) is 3.24. The predicted octanol–water partition coefficient (Wildman–Crippen LogP) is 1.80. The Morgan fingerprint density at radius 1 is 1.28 bits per heavy atom. The molecule has 2 bridgehead atoms. The van der Waals surface area contributed by atoms with Gasteiger partial charge in [0.15, 0.2) is 0 Å². The average Bonchev–Trinajstić information content (AvgIpc) is 2.93. The zero-order valence-corrected chi connectivity index (χ0v) is 11.5. The van der Waals surface area contributed by atoms with E-state index in [1.165, 1.54) is 30.9 Å². The van der Waals surface area contributed by atoms with Crippen LogP contribution in [0.3, 0.4) is 0 Å². The summed E-state index contributed by atoms with van der Waals surface area (Å²) in [5.41, 5.74) is 1.22.